The van der Waals surface area contributed by atoms with Crippen LogP contribution in [0.2, 0.25) is 0 Å². The largest absolute Gasteiger partial charge is 0.474 e. The van der Waals surface area contributed by atoms with E-state index >= 15 is 0 Å². The maximum absolute atomic E-state index is 12.6. The standard InChI is InChI=1S/C22H21N5O5/c23-17(28)11-3-4-16-15(6-11)26-19(30)21(31)27(16)12-7-22(8-12)9-13(10-22)32-20-14(18(24)29)2-1-5-25-20/h1-6,12-13H,7-10H2,(H2,23,28)(H2,24,29)(H,26,30). The van der Waals surface area contributed by atoms with Crippen molar-refractivity contribution >= 4 is 22.8 Å². The number of hydrogen-bond acceptors (Lipinski definition) is 6. The Bertz CT molecular complexity index is 1380. The third kappa shape index (κ3) is 3.15. The van der Waals surface area contributed by atoms with Gasteiger partial charge in [0, 0.05) is 17.8 Å². The summed E-state index contributed by atoms with van der Waals surface area (Å²) in [6.07, 6.45) is 4.44. The Balaban J connectivity index is 1.33. The van der Waals surface area contributed by atoms with Crippen LogP contribution in [0, 0.1) is 5.41 Å². The first-order valence-corrected chi connectivity index (χ1v) is 10.3. The third-order valence-corrected chi connectivity index (χ3v) is 6.54. The number of carbonyl (C=O) groups is 2. The number of nitrogens with one attached hydrogen (secondary N) is 1. The highest BCUT2D eigenvalue weighted by atomic mass is 16.5. The normalized spacial score (nSPS) is 24.0. The van der Waals surface area contributed by atoms with E-state index in [1.165, 1.54) is 10.6 Å². The van der Waals surface area contributed by atoms with Crippen molar-refractivity contribution < 1.29 is 14.3 Å². The van der Waals surface area contributed by atoms with Crippen LogP contribution in [0.3, 0.4) is 0 Å². The van der Waals surface area contributed by atoms with Crippen molar-refractivity contribution in [2.45, 2.75) is 37.8 Å². The van der Waals surface area contributed by atoms with Crippen LogP contribution in [0.15, 0.2) is 46.1 Å². The van der Waals surface area contributed by atoms with Crippen LogP contribution in [0.5, 0.6) is 5.88 Å². The second-order valence-electron chi connectivity index (χ2n) is 8.66. The van der Waals surface area contributed by atoms with E-state index in [-0.39, 0.29) is 34.6 Å². The lowest BCUT2D eigenvalue weighted by Gasteiger charge is -2.57. The number of pyridine rings is 1. The quantitative estimate of drug-likeness (QED) is 0.503. The average molecular weight is 435 g/mol. The van der Waals surface area contributed by atoms with Crippen molar-refractivity contribution in [2.75, 3.05) is 0 Å². The molecule has 0 aliphatic heterocycles. The number of aromatic amines is 1. The van der Waals surface area contributed by atoms with Crippen LogP contribution in [-0.2, 0) is 0 Å². The van der Waals surface area contributed by atoms with Gasteiger partial charge in [0.25, 0.3) is 5.91 Å². The number of hydrogen-bond donors (Lipinski definition) is 3. The molecule has 0 atom stereocenters. The second-order valence-corrected chi connectivity index (χ2v) is 8.66. The predicted molar refractivity (Wildman–Crippen MR) is 114 cm³/mol. The number of carbonyl (C=O) groups excluding carboxylic acids is 2. The number of fused-ring (bicyclic) bond motifs is 1. The first-order chi connectivity index (χ1) is 15.3. The summed E-state index contributed by atoms with van der Waals surface area (Å²) < 4.78 is 7.40. The van der Waals surface area contributed by atoms with E-state index in [9.17, 15) is 19.2 Å². The number of H-pyrrole nitrogens is 1. The first kappa shape index (κ1) is 20.0. The Labute approximate surface area is 181 Å². The molecule has 2 aliphatic rings. The number of nitrogens with two attached hydrogens (primary N) is 2. The first-order valence-electron chi connectivity index (χ1n) is 10.3. The van der Waals surface area contributed by atoms with E-state index in [0.29, 0.717) is 11.0 Å². The van der Waals surface area contributed by atoms with Crippen molar-refractivity contribution in [3.8, 4) is 5.88 Å². The van der Waals surface area contributed by atoms with E-state index in [1.807, 2.05) is 0 Å². The minimum Gasteiger partial charge on any atom is -0.474 e. The second kappa shape index (κ2) is 7.04. The minimum absolute atomic E-state index is 0.0263. The molecule has 2 amide bonds. The van der Waals surface area contributed by atoms with Crippen LogP contribution in [0.1, 0.15) is 52.4 Å². The number of primary amides is 2. The average Bonchev–Trinajstić information content (AvgIpc) is 2.70. The zero-order valence-corrected chi connectivity index (χ0v) is 17.0. The Morgan fingerprint density at radius 3 is 2.53 bits per heavy atom. The Kier molecular flexibility index (Phi) is 4.40. The minimum atomic E-state index is -0.732. The molecule has 2 fully saturated rings. The Hall–Kier alpha value is -3.95. The van der Waals surface area contributed by atoms with E-state index in [1.54, 1.807) is 30.5 Å². The number of rotatable bonds is 5. The molecule has 1 spiro atoms. The summed E-state index contributed by atoms with van der Waals surface area (Å²) >= 11 is 0. The molecule has 2 aliphatic carbocycles. The van der Waals surface area contributed by atoms with Gasteiger partial charge in [0.1, 0.15) is 11.7 Å². The van der Waals surface area contributed by atoms with Crippen LogP contribution >= 0.6 is 0 Å². The van der Waals surface area contributed by atoms with E-state index in [2.05, 4.69) is 9.97 Å². The SMILES string of the molecule is NC(=O)c1ccc2c(c1)[nH]c(=O)c(=O)n2C1CC2(CC(Oc3ncccc3C(N)=O)C2)C1. The van der Waals surface area contributed by atoms with Gasteiger partial charge in [0.15, 0.2) is 0 Å². The zero-order chi connectivity index (χ0) is 22.6. The molecule has 1 aromatic carbocycles. The molecule has 0 radical (unpaired) electrons. The summed E-state index contributed by atoms with van der Waals surface area (Å²) in [7, 11) is 0. The third-order valence-electron chi connectivity index (χ3n) is 6.54. The van der Waals surface area contributed by atoms with Crippen LogP contribution in [0.25, 0.3) is 11.0 Å². The molecule has 2 saturated carbocycles. The van der Waals surface area contributed by atoms with Gasteiger partial charge in [0.2, 0.25) is 11.8 Å². The molecule has 2 aromatic heterocycles. The van der Waals surface area contributed by atoms with Crippen molar-refractivity contribution in [3.05, 3.63) is 68.4 Å². The molecule has 164 valence electrons. The fourth-order valence-corrected chi connectivity index (χ4v) is 5.03. The number of ether oxygens (including phenoxy) is 1. The highest BCUT2D eigenvalue weighted by Crippen LogP contribution is 2.61. The topological polar surface area (TPSA) is 163 Å². The molecule has 5 N–H and O–H groups in total. The highest BCUT2D eigenvalue weighted by molar-refractivity contribution is 5.96. The van der Waals surface area contributed by atoms with Gasteiger partial charge >= 0.3 is 11.1 Å². The van der Waals surface area contributed by atoms with Gasteiger partial charge in [0.05, 0.1) is 11.0 Å². The van der Waals surface area contributed by atoms with Gasteiger partial charge in [-0.05, 0) is 61.4 Å². The number of aromatic nitrogens is 3. The maximum atomic E-state index is 12.6. The number of nitrogens with zero attached hydrogens (tertiary/aromatic N) is 2. The highest BCUT2D eigenvalue weighted by Gasteiger charge is 2.55. The van der Waals surface area contributed by atoms with Gasteiger partial charge in [-0.1, -0.05) is 0 Å². The molecule has 32 heavy (non-hydrogen) atoms. The molecule has 10 nitrogen and oxygen atoms in total. The molecule has 3 aromatic rings. The van der Waals surface area contributed by atoms with Crippen molar-refractivity contribution in [1.82, 2.24) is 14.5 Å². The maximum Gasteiger partial charge on any atom is 0.316 e. The van der Waals surface area contributed by atoms with Gasteiger partial charge in [-0.3, -0.25) is 23.7 Å². The fourth-order valence-electron chi connectivity index (χ4n) is 5.03. The molecule has 0 unspecified atom stereocenters. The molecule has 5 rings (SSSR count). The molecule has 10 heteroatoms. The molecule has 0 bridgehead atoms. The number of amides is 2. The fraction of sp³-hybridized carbons (Fsp3) is 0.318. The van der Waals surface area contributed by atoms with Crippen LogP contribution < -0.4 is 27.3 Å². The lowest BCUT2D eigenvalue weighted by atomic mass is 9.52. The Morgan fingerprint density at radius 2 is 1.84 bits per heavy atom. The van der Waals surface area contributed by atoms with Gasteiger partial charge in [-0.25, -0.2) is 4.98 Å². The van der Waals surface area contributed by atoms with Crippen LogP contribution in [-0.4, -0.2) is 32.5 Å². The Morgan fingerprint density at radius 1 is 1.09 bits per heavy atom. The summed E-state index contributed by atoms with van der Waals surface area (Å²) in [6, 6.07) is 7.75. The van der Waals surface area contributed by atoms with Crippen molar-refractivity contribution in [3.63, 3.8) is 0 Å². The smallest absolute Gasteiger partial charge is 0.316 e. The summed E-state index contributed by atoms with van der Waals surface area (Å²) in [6.45, 7) is 0. The number of benzene rings is 1. The molecular weight excluding hydrogens is 414 g/mol. The zero-order valence-electron chi connectivity index (χ0n) is 17.0. The van der Waals surface area contributed by atoms with Crippen molar-refractivity contribution in [1.29, 1.82) is 0 Å². The van der Waals surface area contributed by atoms with E-state index < -0.39 is 22.9 Å². The van der Waals surface area contributed by atoms with Crippen LogP contribution in [0.4, 0.5) is 0 Å². The lowest BCUT2D eigenvalue weighted by Crippen LogP contribution is -2.54. The van der Waals surface area contributed by atoms with Gasteiger partial charge < -0.3 is 21.2 Å². The van der Waals surface area contributed by atoms with Gasteiger partial charge in [-0.2, -0.15) is 0 Å². The monoisotopic (exact) mass is 435 g/mol. The summed E-state index contributed by atoms with van der Waals surface area (Å²) in [4.78, 5) is 54.5. The molecule has 0 saturated heterocycles. The van der Waals surface area contributed by atoms with E-state index in [0.717, 1.165) is 25.7 Å². The summed E-state index contributed by atoms with van der Waals surface area (Å²) in [5, 5.41) is 0. The molecular formula is C22H21N5O5. The summed E-state index contributed by atoms with van der Waals surface area (Å²) in [5.41, 5.74) is 10.8. The van der Waals surface area contributed by atoms with Crippen molar-refractivity contribution in [2.24, 2.45) is 16.9 Å². The summed E-state index contributed by atoms with van der Waals surface area (Å²) in [5.74, 6) is -0.968. The lowest BCUT2D eigenvalue weighted by molar-refractivity contribution is -0.0959. The predicted octanol–water partition coefficient (Wildman–Crippen LogP) is 0.845. The van der Waals surface area contributed by atoms with Gasteiger partial charge in [-0.15, -0.1) is 0 Å². The van der Waals surface area contributed by atoms with E-state index in [4.69, 9.17) is 16.2 Å². The molecule has 2 heterocycles.